The Balaban J connectivity index is 1.81. The summed E-state index contributed by atoms with van der Waals surface area (Å²) in [6.07, 6.45) is 1.57. The van der Waals surface area contributed by atoms with Gasteiger partial charge in [-0.25, -0.2) is 0 Å². The number of carbonyl (C=O) groups is 1. The van der Waals surface area contributed by atoms with Gasteiger partial charge in [0.2, 0.25) is 0 Å². The molecule has 0 aliphatic carbocycles. The van der Waals surface area contributed by atoms with Crippen molar-refractivity contribution in [1.82, 2.24) is 4.57 Å². The SMILES string of the molecule is O=C(Nc1ccc(Cl)cc1)c1ccc(=O)n(Cc2ccccc2)c1. The van der Waals surface area contributed by atoms with Gasteiger partial charge in [0, 0.05) is 23.0 Å². The highest BCUT2D eigenvalue weighted by Gasteiger charge is 2.08. The molecule has 5 heteroatoms. The van der Waals surface area contributed by atoms with Crippen LogP contribution in [0.3, 0.4) is 0 Å². The summed E-state index contributed by atoms with van der Waals surface area (Å²) in [4.78, 5) is 24.4. The van der Waals surface area contributed by atoms with Gasteiger partial charge in [-0.2, -0.15) is 0 Å². The van der Waals surface area contributed by atoms with Crippen LogP contribution >= 0.6 is 11.6 Å². The van der Waals surface area contributed by atoms with E-state index in [9.17, 15) is 9.59 Å². The molecular formula is C19H15ClN2O2. The lowest BCUT2D eigenvalue weighted by Gasteiger charge is -2.09. The zero-order chi connectivity index (χ0) is 16.9. The smallest absolute Gasteiger partial charge is 0.257 e. The molecule has 1 N–H and O–H groups in total. The summed E-state index contributed by atoms with van der Waals surface area (Å²) in [7, 11) is 0. The van der Waals surface area contributed by atoms with Crippen LogP contribution in [0.15, 0.2) is 77.7 Å². The van der Waals surface area contributed by atoms with Gasteiger partial charge in [-0.15, -0.1) is 0 Å². The Hall–Kier alpha value is -2.85. The van der Waals surface area contributed by atoms with Gasteiger partial charge in [0.25, 0.3) is 11.5 Å². The summed E-state index contributed by atoms with van der Waals surface area (Å²) in [5.41, 5.74) is 1.91. The lowest BCUT2D eigenvalue weighted by Crippen LogP contribution is -2.22. The fourth-order valence-corrected chi connectivity index (χ4v) is 2.43. The number of halogens is 1. The highest BCUT2D eigenvalue weighted by Crippen LogP contribution is 2.14. The second kappa shape index (κ2) is 7.15. The summed E-state index contributed by atoms with van der Waals surface area (Å²) < 4.78 is 1.52. The number of amides is 1. The van der Waals surface area contributed by atoms with E-state index in [1.807, 2.05) is 30.3 Å². The molecule has 0 unspecified atom stereocenters. The third-order valence-electron chi connectivity index (χ3n) is 3.54. The van der Waals surface area contributed by atoms with Gasteiger partial charge in [0.1, 0.15) is 0 Å². The molecule has 0 fully saturated rings. The topological polar surface area (TPSA) is 51.1 Å². The number of nitrogens with zero attached hydrogens (tertiary/aromatic N) is 1. The third-order valence-corrected chi connectivity index (χ3v) is 3.80. The van der Waals surface area contributed by atoms with Crippen molar-refractivity contribution in [2.24, 2.45) is 0 Å². The van der Waals surface area contributed by atoms with Gasteiger partial charge in [0.05, 0.1) is 12.1 Å². The molecule has 1 heterocycles. The lowest BCUT2D eigenvalue weighted by atomic mass is 10.2. The predicted molar refractivity (Wildman–Crippen MR) is 95.7 cm³/mol. The second-order valence-corrected chi connectivity index (χ2v) is 5.77. The number of nitrogens with one attached hydrogen (secondary N) is 1. The van der Waals surface area contributed by atoms with Crippen molar-refractivity contribution in [1.29, 1.82) is 0 Å². The Morgan fingerprint density at radius 2 is 1.67 bits per heavy atom. The van der Waals surface area contributed by atoms with Crippen LogP contribution in [-0.4, -0.2) is 10.5 Å². The minimum Gasteiger partial charge on any atom is -0.322 e. The molecule has 0 bridgehead atoms. The van der Waals surface area contributed by atoms with E-state index >= 15 is 0 Å². The van der Waals surface area contributed by atoms with Crippen LogP contribution in [0.5, 0.6) is 0 Å². The molecule has 2 aromatic carbocycles. The van der Waals surface area contributed by atoms with E-state index in [1.165, 1.54) is 16.7 Å². The molecule has 3 aromatic rings. The standard InChI is InChI=1S/C19H15ClN2O2/c20-16-7-9-17(10-8-16)21-19(24)15-6-11-18(23)22(13-15)12-14-4-2-1-3-5-14/h1-11,13H,12H2,(H,21,24). The van der Waals surface area contributed by atoms with Gasteiger partial charge in [-0.1, -0.05) is 41.9 Å². The van der Waals surface area contributed by atoms with E-state index in [4.69, 9.17) is 11.6 Å². The normalized spacial score (nSPS) is 10.4. The predicted octanol–water partition coefficient (Wildman–Crippen LogP) is 3.80. The number of benzene rings is 2. The number of pyridine rings is 1. The van der Waals surface area contributed by atoms with Crippen LogP contribution in [0.2, 0.25) is 5.02 Å². The third kappa shape index (κ3) is 3.91. The van der Waals surface area contributed by atoms with Crippen LogP contribution in [0, 0.1) is 0 Å². The first kappa shape index (κ1) is 16.0. The number of rotatable bonds is 4. The quantitative estimate of drug-likeness (QED) is 0.786. The van der Waals surface area contributed by atoms with Gasteiger partial charge in [-0.3, -0.25) is 9.59 Å². The summed E-state index contributed by atoms with van der Waals surface area (Å²) in [5, 5.41) is 3.38. The molecule has 0 radical (unpaired) electrons. The highest BCUT2D eigenvalue weighted by molar-refractivity contribution is 6.30. The van der Waals surface area contributed by atoms with Crippen LogP contribution in [-0.2, 0) is 6.54 Å². The lowest BCUT2D eigenvalue weighted by molar-refractivity contribution is 0.102. The first-order valence-electron chi connectivity index (χ1n) is 7.43. The van der Waals surface area contributed by atoms with Gasteiger partial charge < -0.3 is 9.88 Å². The van der Waals surface area contributed by atoms with E-state index in [-0.39, 0.29) is 11.5 Å². The Kier molecular flexibility index (Phi) is 4.77. The van der Waals surface area contributed by atoms with E-state index in [0.29, 0.717) is 22.8 Å². The van der Waals surface area contributed by atoms with Crippen LogP contribution in [0.25, 0.3) is 0 Å². The fraction of sp³-hybridized carbons (Fsp3) is 0.0526. The molecule has 0 saturated carbocycles. The fourth-order valence-electron chi connectivity index (χ4n) is 2.31. The van der Waals surface area contributed by atoms with Crippen LogP contribution in [0.4, 0.5) is 5.69 Å². The molecule has 0 aliphatic heterocycles. The summed E-state index contributed by atoms with van der Waals surface area (Å²) >= 11 is 5.83. The van der Waals surface area contributed by atoms with Crippen molar-refractivity contribution in [3.63, 3.8) is 0 Å². The Morgan fingerprint density at radius 3 is 2.38 bits per heavy atom. The van der Waals surface area contributed by atoms with Crippen LogP contribution < -0.4 is 10.9 Å². The Morgan fingerprint density at radius 1 is 0.958 bits per heavy atom. The first-order valence-corrected chi connectivity index (χ1v) is 7.81. The Bertz CT molecular complexity index is 903. The molecule has 0 saturated heterocycles. The van der Waals surface area contributed by atoms with Crippen molar-refractivity contribution in [3.8, 4) is 0 Å². The number of anilines is 1. The van der Waals surface area contributed by atoms with Crippen LogP contribution in [0.1, 0.15) is 15.9 Å². The van der Waals surface area contributed by atoms with Crippen molar-refractivity contribution in [3.05, 3.63) is 99.4 Å². The zero-order valence-corrected chi connectivity index (χ0v) is 13.5. The molecule has 1 aromatic heterocycles. The molecule has 0 spiro atoms. The average Bonchev–Trinajstić information content (AvgIpc) is 2.60. The molecule has 120 valence electrons. The summed E-state index contributed by atoms with van der Waals surface area (Å²) in [6, 6.07) is 19.4. The Labute approximate surface area is 144 Å². The van der Waals surface area contributed by atoms with Crippen molar-refractivity contribution < 1.29 is 4.79 Å². The highest BCUT2D eigenvalue weighted by atomic mass is 35.5. The molecule has 24 heavy (non-hydrogen) atoms. The minimum absolute atomic E-state index is 0.151. The molecule has 3 rings (SSSR count). The number of hydrogen-bond donors (Lipinski definition) is 1. The monoisotopic (exact) mass is 338 g/mol. The van der Waals surface area contributed by atoms with Gasteiger partial charge >= 0.3 is 0 Å². The molecule has 0 aliphatic rings. The number of carbonyl (C=O) groups excluding carboxylic acids is 1. The summed E-state index contributed by atoms with van der Waals surface area (Å²) in [6.45, 7) is 0.418. The van der Waals surface area contributed by atoms with Crippen molar-refractivity contribution in [2.45, 2.75) is 6.54 Å². The van der Waals surface area contributed by atoms with Gasteiger partial charge in [0.15, 0.2) is 0 Å². The largest absolute Gasteiger partial charge is 0.322 e. The van der Waals surface area contributed by atoms with Crippen molar-refractivity contribution >= 4 is 23.2 Å². The number of aromatic nitrogens is 1. The minimum atomic E-state index is -0.279. The number of hydrogen-bond acceptors (Lipinski definition) is 2. The molecular weight excluding hydrogens is 324 g/mol. The average molecular weight is 339 g/mol. The zero-order valence-electron chi connectivity index (χ0n) is 12.8. The first-order chi connectivity index (χ1) is 11.6. The molecule has 4 nitrogen and oxygen atoms in total. The molecule has 0 atom stereocenters. The summed E-state index contributed by atoms with van der Waals surface area (Å²) in [5.74, 6) is -0.279. The maximum atomic E-state index is 12.4. The van der Waals surface area contributed by atoms with E-state index in [2.05, 4.69) is 5.32 Å². The van der Waals surface area contributed by atoms with Gasteiger partial charge in [-0.05, 0) is 35.9 Å². The van der Waals surface area contributed by atoms with E-state index in [1.54, 1.807) is 30.5 Å². The van der Waals surface area contributed by atoms with E-state index in [0.717, 1.165) is 5.56 Å². The maximum Gasteiger partial charge on any atom is 0.257 e. The molecule has 1 amide bonds. The maximum absolute atomic E-state index is 12.4. The van der Waals surface area contributed by atoms with Crippen molar-refractivity contribution in [2.75, 3.05) is 5.32 Å². The second-order valence-electron chi connectivity index (χ2n) is 5.33. The van der Waals surface area contributed by atoms with E-state index < -0.39 is 0 Å².